The van der Waals surface area contributed by atoms with Gasteiger partial charge in [0.15, 0.2) is 0 Å². The van der Waals surface area contributed by atoms with Crippen LogP contribution in [0.5, 0.6) is 0 Å². The molecule has 1 aliphatic rings. The van der Waals surface area contributed by atoms with Crippen molar-refractivity contribution in [2.45, 2.75) is 31.8 Å². The molecule has 1 saturated carbocycles. The third-order valence-electron chi connectivity index (χ3n) is 3.63. The van der Waals surface area contributed by atoms with Crippen LogP contribution in [0.25, 0.3) is 0 Å². The molecule has 2 unspecified atom stereocenters. The fraction of sp³-hybridized carbons (Fsp3) is 0.500. The summed E-state index contributed by atoms with van der Waals surface area (Å²) in [6.45, 7) is 0.631. The van der Waals surface area contributed by atoms with Gasteiger partial charge in [-0.2, -0.15) is 5.26 Å². The number of nitriles is 1. The molecule has 0 radical (unpaired) electrons. The molecule has 18 heavy (non-hydrogen) atoms. The minimum atomic E-state index is -0.347. The predicted octanol–water partition coefficient (Wildman–Crippen LogP) is 1.95. The maximum atomic E-state index is 13.6. The molecule has 1 aliphatic carbocycles. The van der Waals surface area contributed by atoms with Crippen molar-refractivity contribution in [3.8, 4) is 6.07 Å². The Morgan fingerprint density at radius 1 is 1.44 bits per heavy atom. The van der Waals surface area contributed by atoms with Crippen molar-refractivity contribution >= 4 is 0 Å². The average Bonchev–Trinajstić information content (AvgIpc) is 2.84. The maximum Gasteiger partial charge on any atom is 0.129 e. The van der Waals surface area contributed by atoms with Crippen molar-refractivity contribution in [2.75, 3.05) is 6.61 Å². The van der Waals surface area contributed by atoms with Crippen molar-refractivity contribution in [3.63, 3.8) is 0 Å². The molecule has 1 aromatic rings. The fourth-order valence-corrected chi connectivity index (χ4v) is 2.53. The molecule has 0 amide bonds. The molecule has 4 heteroatoms. The lowest BCUT2D eigenvalue weighted by molar-refractivity contribution is 0.205. The van der Waals surface area contributed by atoms with Gasteiger partial charge in [-0.25, -0.2) is 4.39 Å². The number of hydrogen-bond donors (Lipinski definition) is 2. The summed E-state index contributed by atoms with van der Waals surface area (Å²) in [7, 11) is 0. The molecule has 2 rings (SSSR count). The number of rotatable bonds is 4. The van der Waals surface area contributed by atoms with Crippen molar-refractivity contribution in [1.29, 1.82) is 5.26 Å². The summed E-state index contributed by atoms with van der Waals surface area (Å²) in [6, 6.07) is 6.71. The van der Waals surface area contributed by atoms with E-state index in [1.54, 1.807) is 12.1 Å². The Labute approximate surface area is 106 Å². The Kier molecular flexibility index (Phi) is 4.29. The number of aliphatic hydroxyl groups excluding tert-OH is 1. The predicted molar refractivity (Wildman–Crippen MR) is 66.2 cm³/mol. The Balaban J connectivity index is 1.96. The fourth-order valence-electron chi connectivity index (χ4n) is 2.53. The minimum Gasteiger partial charge on any atom is -0.396 e. The smallest absolute Gasteiger partial charge is 0.129 e. The van der Waals surface area contributed by atoms with Gasteiger partial charge in [-0.1, -0.05) is 12.5 Å². The van der Waals surface area contributed by atoms with Gasteiger partial charge in [-0.05, 0) is 30.9 Å². The molecular weight excluding hydrogens is 231 g/mol. The van der Waals surface area contributed by atoms with Gasteiger partial charge in [0.1, 0.15) is 5.82 Å². The van der Waals surface area contributed by atoms with Crippen LogP contribution in [0, 0.1) is 23.1 Å². The van der Waals surface area contributed by atoms with E-state index < -0.39 is 0 Å². The second kappa shape index (κ2) is 5.94. The van der Waals surface area contributed by atoms with E-state index in [4.69, 9.17) is 5.26 Å². The molecule has 3 nitrogen and oxygen atoms in total. The van der Waals surface area contributed by atoms with E-state index >= 15 is 0 Å². The molecule has 2 atom stereocenters. The number of nitrogens with zero attached hydrogens (tertiary/aromatic N) is 1. The van der Waals surface area contributed by atoms with Gasteiger partial charge in [-0.15, -0.1) is 0 Å². The third kappa shape index (κ3) is 2.87. The lowest BCUT2D eigenvalue weighted by Crippen LogP contribution is -2.33. The number of benzene rings is 1. The van der Waals surface area contributed by atoms with E-state index in [0.717, 1.165) is 19.3 Å². The summed E-state index contributed by atoms with van der Waals surface area (Å²) in [6.07, 6.45) is 3.17. The summed E-state index contributed by atoms with van der Waals surface area (Å²) in [5, 5.41) is 21.2. The highest BCUT2D eigenvalue weighted by Gasteiger charge is 2.26. The monoisotopic (exact) mass is 248 g/mol. The largest absolute Gasteiger partial charge is 0.396 e. The standard InChI is InChI=1S/C14H17FN2O/c15-13-6-10(7-16)4-5-11(13)8-17-14-3-1-2-12(14)9-18/h4-6,12,14,17-18H,1-3,8-9H2. The minimum absolute atomic E-state index is 0.188. The first-order valence-electron chi connectivity index (χ1n) is 6.27. The molecule has 0 aliphatic heterocycles. The molecule has 2 N–H and O–H groups in total. The molecule has 1 aromatic carbocycles. The van der Waals surface area contributed by atoms with E-state index in [1.807, 2.05) is 6.07 Å². The Bertz CT molecular complexity index is 456. The summed E-state index contributed by atoms with van der Waals surface area (Å²) in [5.74, 6) is -0.0634. The van der Waals surface area contributed by atoms with Gasteiger partial charge in [0.2, 0.25) is 0 Å². The van der Waals surface area contributed by atoms with Crippen molar-refractivity contribution in [2.24, 2.45) is 5.92 Å². The van der Waals surface area contributed by atoms with Crippen molar-refractivity contribution in [3.05, 3.63) is 35.1 Å². The zero-order valence-electron chi connectivity index (χ0n) is 10.2. The first-order chi connectivity index (χ1) is 8.74. The molecule has 0 spiro atoms. The Morgan fingerprint density at radius 3 is 2.94 bits per heavy atom. The van der Waals surface area contributed by atoms with Crippen LogP contribution < -0.4 is 5.32 Å². The molecule has 0 aromatic heterocycles. The van der Waals surface area contributed by atoms with E-state index in [1.165, 1.54) is 6.07 Å². The van der Waals surface area contributed by atoms with Crippen molar-refractivity contribution < 1.29 is 9.50 Å². The highest BCUT2D eigenvalue weighted by molar-refractivity contribution is 5.32. The van der Waals surface area contributed by atoms with Crippen LogP contribution in [-0.2, 0) is 6.54 Å². The zero-order valence-corrected chi connectivity index (χ0v) is 10.2. The maximum absolute atomic E-state index is 13.6. The zero-order chi connectivity index (χ0) is 13.0. The van der Waals surface area contributed by atoms with E-state index in [-0.39, 0.29) is 24.4 Å². The summed E-state index contributed by atoms with van der Waals surface area (Å²) < 4.78 is 13.6. The molecular formula is C14H17FN2O. The van der Waals surface area contributed by atoms with Crippen LogP contribution in [0.2, 0.25) is 0 Å². The summed E-state index contributed by atoms with van der Waals surface area (Å²) >= 11 is 0. The molecule has 0 saturated heterocycles. The normalized spacial score (nSPS) is 22.9. The molecule has 1 fully saturated rings. The summed E-state index contributed by atoms with van der Waals surface area (Å²) in [5.41, 5.74) is 0.906. The SMILES string of the molecule is N#Cc1ccc(CNC2CCCC2CO)c(F)c1. The van der Waals surface area contributed by atoms with Crippen LogP contribution in [0.3, 0.4) is 0 Å². The van der Waals surface area contributed by atoms with Gasteiger partial charge in [-0.3, -0.25) is 0 Å². The van der Waals surface area contributed by atoms with Crippen LogP contribution in [0.4, 0.5) is 4.39 Å². The Morgan fingerprint density at radius 2 is 2.28 bits per heavy atom. The highest BCUT2D eigenvalue weighted by atomic mass is 19.1. The summed E-state index contributed by atoms with van der Waals surface area (Å²) in [4.78, 5) is 0. The highest BCUT2D eigenvalue weighted by Crippen LogP contribution is 2.25. The first-order valence-corrected chi connectivity index (χ1v) is 6.27. The molecule has 0 bridgehead atoms. The third-order valence-corrected chi connectivity index (χ3v) is 3.63. The lowest BCUT2D eigenvalue weighted by Gasteiger charge is -2.19. The Hall–Kier alpha value is -1.44. The van der Waals surface area contributed by atoms with Crippen LogP contribution in [-0.4, -0.2) is 17.8 Å². The second-order valence-electron chi connectivity index (χ2n) is 4.78. The second-order valence-corrected chi connectivity index (χ2v) is 4.78. The average molecular weight is 248 g/mol. The number of nitrogens with one attached hydrogen (secondary N) is 1. The topological polar surface area (TPSA) is 56.0 Å². The molecule has 96 valence electrons. The molecule has 0 heterocycles. The van der Waals surface area contributed by atoms with Crippen molar-refractivity contribution in [1.82, 2.24) is 5.32 Å². The number of hydrogen-bond acceptors (Lipinski definition) is 3. The van der Waals surface area contributed by atoms with Crippen LogP contribution in [0.15, 0.2) is 18.2 Å². The van der Waals surface area contributed by atoms with Gasteiger partial charge in [0.25, 0.3) is 0 Å². The van der Waals surface area contributed by atoms with E-state index in [9.17, 15) is 9.50 Å². The van der Waals surface area contributed by atoms with E-state index in [0.29, 0.717) is 17.7 Å². The number of halogens is 1. The lowest BCUT2D eigenvalue weighted by atomic mass is 10.0. The van der Waals surface area contributed by atoms with E-state index in [2.05, 4.69) is 5.32 Å². The van der Waals surface area contributed by atoms with Gasteiger partial charge in [0, 0.05) is 24.8 Å². The van der Waals surface area contributed by atoms with Gasteiger partial charge in [0.05, 0.1) is 11.6 Å². The first kappa shape index (κ1) is 13.0. The van der Waals surface area contributed by atoms with Crippen LogP contribution >= 0.6 is 0 Å². The quantitative estimate of drug-likeness (QED) is 0.856. The van der Waals surface area contributed by atoms with Gasteiger partial charge >= 0.3 is 0 Å². The van der Waals surface area contributed by atoms with Gasteiger partial charge < -0.3 is 10.4 Å². The van der Waals surface area contributed by atoms with Crippen LogP contribution in [0.1, 0.15) is 30.4 Å². The number of aliphatic hydroxyl groups is 1.